The topological polar surface area (TPSA) is 136 Å². The number of carbonyl (C=O) groups excluding carboxylic acids is 2. The van der Waals surface area contributed by atoms with Crippen LogP contribution in [-0.2, 0) is 22.6 Å². The molecule has 0 aromatic heterocycles. The molecule has 2 heterocycles. The van der Waals surface area contributed by atoms with Crippen molar-refractivity contribution in [2.45, 2.75) is 31.9 Å². The third-order valence-corrected chi connectivity index (χ3v) is 5.73. The van der Waals surface area contributed by atoms with Gasteiger partial charge in [-0.15, -0.1) is 0 Å². The van der Waals surface area contributed by atoms with Gasteiger partial charge in [-0.1, -0.05) is 30.3 Å². The van der Waals surface area contributed by atoms with Gasteiger partial charge in [0.2, 0.25) is 5.91 Å². The number of rotatable bonds is 5. The fraction of sp³-hybridized carbons (Fsp3) is 0.333. The highest BCUT2D eigenvalue weighted by Crippen LogP contribution is 2.43. The second kappa shape index (κ2) is 8.61. The fourth-order valence-electron chi connectivity index (χ4n) is 4.26. The maximum Gasteiger partial charge on any atom is 0.410 e. The summed E-state index contributed by atoms with van der Waals surface area (Å²) in [6, 6.07) is 10.4. The Labute approximate surface area is 182 Å². The van der Waals surface area contributed by atoms with Gasteiger partial charge in [0.05, 0.1) is 15.4 Å². The van der Waals surface area contributed by atoms with Gasteiger partial charge in [0.1, 0.15) is 18.3 Å². The molecule has 2 amide bonds. The Kier molecular flexibility index (Phi) is 5.71. The van der Waals surface area contributed by atoms with E-state index in [2.05, 4.69) is 0 Å². The first-order chi connectivity index (χ1) is 15.4. The molecule has 0 saturated carbocycles. The van der Waals surface area contributed by atoms with Crippen LogP contribution in [0.15, 0.2) is 42.5 Å². The first-order valence-corrected chi connectivity index (χ1v) is 10.1. The summed E-state index contributed by atoms with van der Waals surface area (Å²) in [7, 11) is 0. The van der Waals surface area contributed by atoms with E-state index in [1.54, 1.807) is 0 Å². The van der Waals surface area contributed by atoms with Crippen molar-refractivity contribution in [1.29, 1.82) is 0 Å². The van der Waals surface area contributed by atoms with E-state index in [0.717, 1.165) is 17.7 Å². The zero-order valence-corrected chi connectivity index (χ0v) is 17.0. The largest absolute Gasteiger partial charge is 0.445 e. The number of nitro groups is 2. The summed E-state index contributed by atoms with van der Waals surface area (Å²) < 4.78 is 5.36. The monoisotopic (exact) mass is 440 g/mol. The Morgan fingerprint density at radius 2 is 1.69 bits per heavy atom. The van der Waals surface area contributed by atoms with E-state index in [1.165, 1.54) is 9.80 Å². The molecule has 2 aliphatic heterocycles. The molecule has 32 heavy (non-hydrogen) atoms. The maximum absolute atomic E-state index is 13.3. The van der Waals surface area contributed by atoms with Crippen molar-refractivity contribution in [2.24, 2.45) is 0 Å². The highest BCUT2D eigenvalue weighted by Gasteiger charge is 2.43. The summed E-state index contributed by atoms with van der Waals surface area (Å²) in [4.78, 5) is 50.2. The standard InChI is InChI=1S/C21H20N4O7/c26-20(18-7-4-11-22(18)21(27)32-13-14-5-2-1-3-6-14)23-12-10-15-16(24(28)29)8-9-17(19(15)23)25(30)31/h1-3,5-6,8-9,18H,4,7,10-13H2/t18-/m0/s1. The summed E-state index contributed by atoms with van der Waals surface area (Å²) in [5.41, 5.74) is 0.283. The van der Waals surface area contributed by atoms with Crippen molar-refractivity contribution < 1.29 is 24.2 Å². The molecular formula is C21H20N4O7. The molecule has 166 valence electrons. The summed E-state index contributed by atoms with van der Waals surface area (Å²) in [5.74, 6) is -0.499. The molecule has 2 aromatic rings. The highest BCUT2D eigenvalue weighted by atomic mass is 16.6. The minimum absolute atomic E-state index is 0.0568. The number of likely N-dealkylation sites (tertiary alicyclic amines) is 1. The smallest absolute Gasteiger partial charge is 0.410 e. The Morgan fingerprint density at radius 1 is 1.00 bits per heavy atom. The van der Waals surface area contributed by atoms with E-state index >= 15 is 0 Å². The average Bonchev–Trinajstić information content (AvgIpc) is 3.44. The molecule has 1 atom stereocenters. The van der Waals surface area contributed by atoms with Crippen molar-refractivity contribution in [3.63, 3.8) is 0 Å². The molecular weight excluding hydrogens is 420 g/mol. The predicted octanol–water partition coefficient (Wildman–Crippen LogP) is 3.19. The molecule has 11 nitrogen and oxygen atoms in total. The lowest BCUT2D eigenvalue weighted by atomic mass is 10.1. The molecule has 0 radical (unpaired) electrons. The van der Waals surface area contributed by atoms with Gasteiger partial charge in [-0.3, -0.25) is 29.9 Å². The first-order valence-electron chi connectivity index (χ1n) is 10.1. The van der Waals surface area contributed by atoms with Gasteiger partial charge < -0.3 is 9.64 Å². The van der Waals surface area contributed by atoms with Gasteiger partial charge in [0.25, 0.3) is 11.4 Å². The molecule has 0 aliphatic carbocycles. The number of benzene rings is 2. The van der Waals surface area contributed by atoms with Crippen LogP contribution >= 0.6 is 0 Å². The number of hydrogen-bond acceptors (Lipinski definition) is 7. The zero-order chi connectivity index (χ0) is 22.8. The van der Waals surface area contributed by atoms with E-state index in [9.17, 15) is 29.8 Å². The maximum atomic E-state index is 13.3. The van der Waals surface area contributed by atoms with Gasteiger partial charge in [-0.05, 0) is 24.8 Å². The number of hydrogen-bond donors (Lipinski definition) is 0. The molecule has 0 spiro atoms. The number of nitrogens with zero attached hydrogens (tertiary/aromatic N) is 4. The summed E-state index contributed by atoms with van der Waals surface area (Å²) in [6.45, 7) is 0.451. The number of carbonyl (C=O) groups is 2. The normalized spacial score (nSPS) is 17.2. The Balaban J connectivity index is 1.56. The molecule has 0 N–H and O–H groups in total. The SMILES string of the molecule is O=C([C@@H]1CCCN1C(=O)OCc1ccccc1)N1CCc2c([N+](=O)[O-])ccc([N+](=O)[O-])c21. The lowest BCUT2D eigenvalue weighted by molar-refractivity contribution is -0.388. The summed E-state index contributed by atoms with van der Waals surface area (Å²) in [6.07, 6.45) is 0.449. The molecule has 1 fully saturated rings. The van der Waals surface area contributed by atoms with Gasteiger partial charge in [0, 0.05) is 25.2 Å². The number of ether oxygens (including phenoxy) is 1. The molecule has 1 saturated heterocycles. The van der Waals surface area contributed by atoms with Crippen LogP contribution < -0.4 is 4.90 Å². The second-order valence-electron chi connectivity index (χ2n) is 7.58. The minimum atomic E-state index is -0.844. The molecule has 0 unspecified atom stereocenters. The van der Waals surface area contributed by atoms with E-state index < -0.39 is 27.9 Å². The zero-order valence-electron chi connectivity index (χ0n) is 17.0. The van der Waals surface area contributed by atoms with E-state index in [0.29, 0.717) is 19.4 Å². The first kappa shape index (κ1) is 21.2. The highest BCUT2D eigenvalue weighted by molar-refractivity contribution is 6.03. The number of anilines is 1. The molecule has 4 rings (SSSR count). The van der Waals surface area contributed by atoms with Crippen molar-refractivity contribution in [3.8, 4) is 0 Å². The average molecular weight is 440 g/mol. The molecule has 2 aromatic carbocycles. The van der Waals surface area contributed by atoms with Gasteiger partial charge in [-0.2, -0.15) is 0 Å². The lowest BCUT2D eigenvalue weighted by Crippen LogP contribution is -2.47. The number of nitro benzene ring substituents is 2. The van der Waals surface area contributed by atoms with Crippen molar-refractivity contribution in [1.82, 2.24) is 4.90 Å². The van der Waals surface area contributed by atoms with Gasteiger partial charge in [-0.25, -0.2) is 4.79 Å². The van der Waals surface area contributed by atoms with Crippen LogP contribution in [0.5, 0.6) is 0 Å². The Bertz CT molecular complexity index is 1090. The summed E-state index contributed by atoms with van der Waals surface area (Å²) >= 11 is 0. The van der Waals surface area contributed by atoms with Crippen LogP contribution in [0.1, 0.15) is 24.0 Å². The second-order valence-corrected chi connectivity index (χ2v) is 7.58. The summed E-state index contributed by atoms with van der Waals surface area (Å²) in [5, 5.41) is 22.9. The van der Waals surface area contributed by atoms with Crippen LogP contribution in [0.25, 0.3) is 0 Å². The molecule has 11 heteroatoms. The molecule has 0 bridgehead atoms. The lowest BCUT2D eigenvalue weighted by Gasteiger charge is -2.27. The van der Waals surface area contributed by atoms with Gasteiger partial charge >= 0.3 is 6.09 Å². The van der Waals surface area contributed by atoms with Crippen LogP contribution in [-0.4, -0.2) is 45.9 Å². The third kappa shape index (κ3) is 3.84. The minimum Gasteiger partial charge on any atom is -0.445 e. The van der Waals surface area contributed by atoms with E-state index in [1.807, 2.05) is 30.3 Å². The number of amides is 2. The predicted molar refractivity (Wildman–Crippen MR) is 112 cm³/mol. The van der Waals surface area contributed by atoms with Crippen LogP contribution in [0, 0.1) is 20.2 Å². The Morgan fingerprint density at radius 3 is 2.38 bits per heavy atom. The van der Waals surface area contributed by atoms with Crippen LogP contribution in [0.3, 0.4) is 0 Å². The van der Waals surface area contributed by atoms with Crippen LogP contribution in [0.2, 0.25) is 0 Å². The van der Waals surface area contributed by atoms with Crippen molar-refractivity contribution in [3.05, 3.63) is 73.8 Å². The molecule has 2 aliphatic rings. The van der Waals surface area contributed by atoms with E-state index in [-0.39, 0.29) is 42.2 Å². The van der Waals surface area contributed by atoms with Crippen molar-refractivity contribution >= 4 is 29.1 Å². The third-order valence-electron chi connectivity index (χ3n) is 5.73. The quantitative estimate of drug-likeness (QED) is 0.514. The Hall–Kier alpha value is -4.02. The van der Waals surface area contributed by atoms with E-state index in [4.69, 9.17) is 4.74 Å². The number of fused-ring (bicyclic) bond motifs is 1. The van der Waals surface area contributed by atoms with Gasteiger partial charge in [0.15, 0.2) is 0 Å². The van der Waals surface area contributed by atoms with Crippen molar-refractivity contribution in [2.75, 3.05) is 18.0 Å². The van der Waals surface area contributed by atoms with Crippen LogP contribution in [0.4, 0.5) is 21.9 Å². The fourth-order valence-corrected chi connectivity index (χ4v) is 4.26.